The van der Waals surface area contributed by atoms with Crippen molar-refractivity contribution in [2.24, 2.45) is 0 Å². The van der Waals surface area contributed by atoms with Crippen LogP contribution in [-0.2, 0) is 13.0 Å². The molecule has 8 heteroatoms. The monoisotopic (exact) mass is 483 g/mol. The summed E-state index contributed by atoms with van der Waals surface area (Å²) < 4.78 is 13.7. The second kappa shape index (κ2) is 10.6. The lowest BCUT2D eigenvalue weighted by Gasteiger charge is -2.13. The van der Waals surface area contributed by atoms with Gasteiger partial charge >= 0.3 is 0 Å². The average molecular weight is 484 g/mol. The maximum atomic E-state index is 5.98. The molecule has 2 aromatic heterocycles. The zero-order valence-corrected chi connectivity index (χ0v) is 20.4. The molecule has 0 radical (unpaired) electrons. The van der Waals surface area contributed by atoms with E-state index in [2.05, 4.69) is 49.2 Å². The highest BCUT2D eigenvalue weighted by molar-refractivity contribution is 7.99. The van der Waals surface area contributed by atoms with Crippen molar-refractivity contribution in [1.29, 1.82) is 0 Å². The summed E-state index contributed by atoms with van der Waals surface area (Å²) in [4.78, 5) is 0. The first kappa shape index (κ1) is 22.9. The molecular formula is C27H25N5O2S. The highest BCUT2D eigenvalue weighted by Crippen LogP contribution is 2.37. The Kier molecular flexibility index (Phi) is 6.90. The smallest absolute Gasteiger partial charge is 0.247 e. The van der Waals surface area contributed by atoms with Gasteiger partial charge in [0, 0.05) is 12.1 Å². The number of methoxy groups -OCH3 is 1. The van der Waals surface area contributed by atoms with Crippen molar-refractivity contribution in [3.63, 3.8) is 0 Å². The number of aromatic nitrogens is 5. The van der Waals surface area contributed by atoms with Crippen LogP contribution in [0.5, 0.6) is 5.75 Å². The zero-order valence-electron chi connectivity index (χ0n) is 19.5. The van der Waals surface area contributed by atoms with Gasteiger partial charge in [-0.1, -0.05) is 72.4 Å². The normalized spacial score (nSPS) is 11.9. The number of hydrogen-bond acceptors (Lipinski definition) is 7. The fraction of sp³-hybridized carbons (Fsp3) is 0.185. The summed E-state index contributed by atoms with van der Waals surface area (Å²) in [6.07, 6.45) is 0.849. The van der Waals surface area contributed by atoms with Gasteiger partial charge in [-0.15, -0.1) is 20.4 Å². The molecule has 176 valence electrons. The number of para-hydroxylation sites is 1. The van der Waals surface area contributed by atoms with Crippen LogP contribution < -0.4 is 4.74 Å². The Hall–Kier alpha value is -3.91. The predicted octanol–water partition coefficient (Wildman–Crippen LogP) is 6.10. The zero-order chi connectivity index (χ0) is 24.0. The summed E-state index contributed by atoms with van der Waals surface area (Å²) in [5.41, 5.74) is 3.05. The molecule has 0 aliphatic carbocycles. The SMILES string of the molecule is COc1ccccc1-c1nnc(SC(C)c2nnc(-c3ccccc3)o2)n1CCc1ccccc1. The molecule has 0 amide bonds. The molecule has 2 heterocycles. The molecule has 5 rings (SSSR count). The lowest BCUT2D eigenvalue weighted by Crippen LogP contribution is -2.06. The topological polar surface area (TPSA) is 78.9 Å². The largest absolute Gasteiger partial charge is 0.496 e. The van der Waals surface area contributed by atoms with Crippen LogP contribution >= 0.6 is 11.8 Å². The van der Waals surface area contributed by atoms with Crippen molar-refractivity contribution >= 4 is 11.8 Å². The van der Waals surface area contributed by atoms with E-state index in [0.29, 0.717) is 11.8 Å². The molecule has 0 aliphatic rings. The number of rotatable bonds is 9. The van der Waals surface area contributed by atoms with Gasteiger partial charge in [0.05, 0.1) is 17.9 Å². The molecule has 3 aromatic carbocycles. The molecule has 0 N–H and O–H groups in total. The number of hydrogen-bond donors (Lipinski definition) is 0. The highest BCUT2D eigenvalue weighted by Gasteiger charge is 2.22. The van der Waals surface area contributed by atoms with Gasteiger partial charge in [0.15, 0.2) is 11.0 Å². The Morgan fingerprint density at radius 1 is 0.857 bits per heavy atom. The van der Waals surface area contributed by atoms with Crippen LogP contribution in [0.1, 0.15) is 23.6 Å². The molecule has 7 nitrogen and oxygen atoms in total. The third-order valence-corrected chi connectivity index (χ3v) is 6.69. The number of nitrogens with zero attached hydrogens (tertiary/aromatic N) is 5. The third kappa shape index (κ3) is 5.12. The van der Waals surface area contributed by atoms with Gasteiger partial charge in [-0.2, -0.15) is 0 Å². The van der Waals surface area contributed by atoms with Gasteiger partial charge < -0.3 is 13.7 Å². The minimum absolute atomic E-state index is 0.106. The van der Waals surface area contributed by atoms with Gasteiger partial charge in [-0.05, 0) is 43.2 Å². The quantitative estimate of drug-likeness (QED) is 0.234. The summed E-state index contributed by atoms with van der Waals surface area (Å²) >= 11 is 1.55. The number of aryl methyl sites for hydroxylation is 1. The minimum Gasteiger partial charge on any atom is -0.496 e. The first-order chi connectivity index (χ1) is 17.2. The van der Waals surface area contributed by atoms with Crippen LogP contribution in [-0.4, -0.2) is 32.1 Å². The fourth-order valence-corrected chi connectivity index (χ4v) is 4.70. The maximum Gasteiger partial charge on any atom is 0.247 e. The second-order valence-corrected chi connectivity index (χ2v) is 9.27. The molecule has 0 aliphatic heterocycles. The summed E-state index contributed by atoms with van der Waals surface area (Å²) in [6, 6.07) is 28.0. The molecule has 0 saturated carbocycles. The van der Waals surface area contributed by atoms with Crippen molar-refractivity contribution in [2.75, 3.05) is 7.11 Å². The lowest BCUT2D eigenvalue weighted by molar-refractivity contribution is 0.415. The standard InChI is InChI=1S/C27H25N5O2S/c1-19(25-29-30-26(34-25)21-13-7-4-8-14-21)35-27-31-28-24(22-15-9-10-16-23(22)33-2)32(27)18-17-20-11-5-3-6-12-20/h3-16,19H,17-18H2,1-2H3. The third-order valence-electron chi connectivity index (χ3n) is 5.62. The molecule has 0 bridgehead atoms. The predicted molar refractivity (Wildman–Crippen MR) is 136 cm³/mol. The van der Waals surface area contributed by atoms with E-state index in [4.69, 9.17) is 9.15 Å². The van der Waals surface area contributed by atoms with Crippen molar-refractivity contribution in [2.45, 2.75) is 30.3 Å². The Morgan fingerprint density at radius 3 is 2.34 bits per heavy atom. The molecule has 1 atom stereocenters. The summed E-state index contributed by atoms with van der Waals surface area (Å²) in [5, 5.41) is 18.3. The van der Waals surface area contributed by atoms with E-state index in [-0.39, 0.29) is 5.25 Å². The van der Waals surface area contributed by atoms with Gasteiger partial charge in [0.25, 0.3) is 0 Å². The van der Waals surface area contributed by atoms with Crippen molar-refractivity contribution in [1.82, 2.24) is 25.0 Å². The van der Waals surface area contributed by atoms with Crippen molar-refractivity contribution in [3.05, 3.63) is 96.4 Å². The summed E-state index contributed by atoms with van der Waals surface area (Å²) in [7, 11) is 1.67. The highest BCUT2D eigenvalue weighted by atomic mass is 32.2. The van der Waals surface area contributed by atoms with Crippen LogP contribution in [0.3, 0.4) is 0 Å². The molecule has 1 unspecified atom stereocenters. The van der Waals surface area contributed by atoms with Crippen LogP contribution in [0.2, 0.25) is 0 Å². The van der Waals surface area contributed by atoms with Gasteiger partial charge in [0.2, 0.25) is 11.8 Å². The number of thioether (sulfide) groups is 1. The van der Waals surface area contributed by atoms with Gasteiger partial charge in [-0.3, -0.25) is 0 Å². The van der Waals surface area contributed by atoms with Crippen molar-refractivity contribution in [3.8, 4) is 28.6 Å². The average Bonchev–Trinajstić information content (AvgIpc) is 3.56. The van der Waals surface area contributed by atoms with Crippen LogP contribution in [0.25, 0.3) is 22.8 Å². The first-order valence-electron chi connectivity index (χ1n) is 11.4. The lowest BCUT2D eigenvalue weighted by atomic mass is 10.1. The molecule has 0 fully saturated rings. The Bertz CT molecular complexity index is 1390. The molecule has 0 saturated heterocycles. The number of benzene rings is 3. The van der Waals surface area contributed by atoms with E-state index in [9.17, 15) is 0 Å². The van der Waals surface area contributed by atoms with E-state index >= 15 is 0 Å². The van der Waals surface area contributed by atoms with E-state index in [1.54, 1.807) is 18.9 Å². The minimum atomic E-state index is -0.106. The Balaban J connectivity index is 1.44. The van der Waals surface area contributed by atoms with E-state index in [1.165, 1.54) is 5.56 Å². The summed E-state index contributed by atoms with van der Waals surface area (Å²) in [5.74, 6) is 2.58. The molecule has 35 heavy (non-hydrogen) atoms. The molecule has 0 spiro atoms. The Morgan fingerprint density at radius 2 is 1.57 bits per heavy atom. The van der Waals surface area contributed by atoms with Crippen molar-refractivity contribution < 1.29 is 9.15 Å². The number of ether oxygens (including phenoxy) is 1. The molecule has 5 aromatic rings. The molecular weight excluding hydrogens is 458 g/mol. The maximum absolute atomic E-state index is 5.98. The van der Waals surface area contributed by atoms with Gasteiger partial charge in [0.1, 0.15) is 5.75 Å². The Labute approximate surface area is 208 Å². The van der Waals surface area contributed by atoms with E-state index < -0.39 is 0 Å². The van der Waals surface area contributed by atoms with E-state index in [0.717, 1.165) is 40.8 Å². The first-order valence-corrected chi connectivity index (χ1v) is 12.3. The van der Waals surface area contributed by atoms with Crippen LogP contribution in [0, 0.1) is 0 Å². The van der Waals surface area contributed by atoms with Crippen LogP contribution in [0.4, 0.5) is 0 Å². The fourth-order valence-electron chi connectivity index (χ4n) is 3.80. The van der Waals surface area contributed by atoms with Crippen LogP contribution in [0.15, 0.2) is 94.5 Å². The van der Waals surface area contributed by atoms with E-state index in [1.807, 2.05) is 67.6 Å². The second-order valence-electron chi connectivity index (χ2n) is 7.97. The van der Waals surface area contributed by atoms with Gasteiger partial charge in [-0.25, -0.2) is 0 Å². The summed E-state index contributed by atoms with van der Waals surface area (Å²) in [6.45, 7) is 2.75.